The zero-order chi connectivity index (χ0) is 39.6. The molecule has 0 saturated carbocycles. The third-order valence-electron chi connectivity index (χ3n) is 11.6. The Labute approximate surface area is 349 Å². The molecular weight excluding hydrogens is 751 g/mol. The van der Waals surface area contributed by atoms with Gasteiger partial charge in [-0.1, -0.05) is 170 Å². The molecule has 3 heterocycles. The molecule has 9 aromatic carbocycles. The van der Waals surface area contributed by atoms with E-state index < -0.39 is 0 Å². The topological polar surface area (TPSA) is 51.8 Å². The lowest BCUT2D eigenvalue weighted by molar-refractivity contribution is 0.669. The molecule has 12 aromatic rings. The number of fused-ring (bicyclic) bond motifs is 7. The highest BCUT2D eigenvalue weighted by Gasteiger charge is 2.21. The van der Waals surface area contributed by atoms with Crippen molar-refractivity contribution in [1.82, 2.24) is 15.0 Å². The summed E-state index contributed by atoms with van der Waals surface area (Å²) in [6.45, 7) is 0. The zero-order valence-corrected chi connectivity index (χ0v) is 33.0. The molecule has 0 unspecified atom stereocenters. The van der Waals surface area contributed by atoms with Crippen LogP contribution in [0.3, 0.4) is 0 Å². The molecule has 0 bridgehead atoms. The summed E-state index contributed by atoms with van der Waals surface area (Å²) in [5.74, 6) is 1.84. The molecule has 60 heavy (non-hydrogen) atoms. The van der Waals surface area contributed by atoms with Gasteiger partial charge < -0.3 is 4.42 Å². The van der Waals surface area contributed by atoms with Gasteiger partial charge in [-0.2, -0.15) is 0 Å². The first-order valence-electron chi connectivity index (χ1n) is 20.1. The Bertz CT molecular complexity index is 3590. The van der Waals surface area contributed by atoms with Gasteiger partial charge in [-0.05, 0) is 74.5 Å². The fourth-order valence-corrected chi connectivity index (χ4v) is 9.71. The summed E-state index contributed by atoms with van der Waals surface area (Å²) in [5, 5.41) is 6.81. The standard InChI is InChI=1S/C55H33N3OS/c1-2-10-34(11-3-1)36-20-22-37(23-21-36)38-24-27-39(28-25-38)43-15-8-17-47-51(43)52-46(16-9-18-48(52)59-47)55-57-53(41-29-26-35-12-4-5-13-40(35)32-41)56-54(58-55)42-30-31-45-44-14-6-7-19-49(44)60-50(45)33-42/h1-33H. The Morgan fingerprint density at radius 1 is 0.317 bits per heavy atom. The van der Waals surface area contributed by atoms with Crippen LogP contribution in [0.2, 0.25) is 0 Å². The maximum absolute atomic E-state index is 6.60. The fraction of sp³-hybridized carbons (Fsp3) is 0. The van der Waals surface area contributed by atoms with Crippen LogP contribution in [0.25, 0.3) is 120 Å². The fourth-order valence-electron chi connectivity index (χ4n) is 8.57. The van der Waals surface area contributed by atoms with E-state index >= 15 is 0 Å². The lowest BCUT2D eigenvalue weighted by atomic mass is 9.95. The van der Waals surface area contributed by atoms with Crippen LogP contribution in [0.4, 0.5) is 0 Å². The average molecular weight is 784 g/mol. The van der Waals surface area contributed by atoms with E-state index in [-0.39, 0.29) is 0 Å². The molecular formula is C55H33N3OS. The summed E-state index contributed by atoms with van der Waals surface area (Å²) in [6, 6.07) is 70.5. The molecule has 0 spiro atoms. The average Bonchev–Trinajstić information content (AvgIpc) is 3.90. The van der Waals surface area contributed by atoms with Crippen molar-refractivity contribution in [2.24, 2.45) is 0 Å². The van der Waals surface area contributed by atoms with Crippen molar-refractivity contribution in [1.29, 1.82) is 0 Å². The zero-order valence-electron chi connectivity index (χ0n) is 32.2. The Hall–Kier alpha value is -7.73. The van der Waals surface area contributed by atoms with Crippen LogP contribution in [-0.4, -0.2) is 15.0 Å². The number of rotatable bonds is 6. The second-order valence-electron chi connectivity index (χ2n) is 15.2. The summed E-state index contributed by atoms with van der Waals surface area (Å²) in [5.41, 5.74) is 11.3. The molecule has 0 N–H and O–H groups in total. The smallest absolute Gasteiger partial charge is 0.164 e. The summed E-state index contributed by atoms with van der Waals surface area (Å²) in [7, 11) is 0. The Morgan fingerprint density at radius 3 is 1.57 bits per heavy atom. The maximum Gasteiger partial charge on any atom is 0.164 e. The van der Waals surface area contributed by atoms with Gasteiger partial charge in [0.15, 0.2) is 17.5 Å². The Morgan fingerprint density at radius 2 is 0.833 bits per heavy atom. The summed E-state index contributed by atoms with van der Waals surface area (Å²) >= 11 is 1.79. The summed E-state index contributed by atoms with van der Waals surface area (Å²) in [4.78, 5) is 15.7. The van der Waals surface area contributed by atoms with Crippen molar-refractivity contribution in [3.8, 4) is 67.5 Å². The normalized spacial score (nSPS) is 11.7. The van der Waals surface area contributed by atoms with Crippen molar-refractivity contribution in [3.63, 3.8) is 0 Å². The molecule has 0 aliphatic carbocycles. The minimum Gasteiger partial charge on any atom is -0.456 e. The Kier molecular flexibility index (Phi) is 8.00. The van der Waals surface area contributed by atoms with Crippen LogP contribution >= 0.6 is 11.3 Å². The van der Waals surface area contributed by atoms with Gasteiger partial charge in [0.05, 0.1) is 0 Å². The molecule has 4 nitrogen and oxygen atoms in total. The van der Waals surface area contributed by atoms with Crippen LogP contribution < -0.4 is 0 Å². The second kappa shape index (κ2) is 14.0. The third-order valence-corrected chi connectivity index (χ3v) is 12.7. The van der Waals surface area contributed by atoms with E-state index in [1.54, 1.807) is 11.3 Å². The van der Waals surface area contributed by atoms with Gasteiger partial charge in [-0.3, -0.25) is 0 Å². The van der Waals surface area contributed by atoms with Crippen LogP contribution in [0.5, 0.6) is 0 Å². The minimum absolute atomic E-state index is 0.594. The quantitative estimate of drug-likeness (QED) is 0.169. The molecule has 0 amide bonds. The Balaban J connectivity index is 1.00. The number of thiophene rings is 1. The predicted molar refractivity (Wildman–Crippen MR) is 250 cm³/mol. The monoisotopic (exact) mass is 783 g/mol. The molecule has 0 fully saturated rings. The molecule has 0 aliphatic rings. The van der Waals surface area contributed by atoms with Crippen molar-refractivity contribution in [2.75, 3.05) is 0 Å². The number of nitrogens with zero attached hydrogens (tertiary/aromatic N) is 3. The minimum atomic E-state index is 0.594. The van der Waals surface area contributed by atoms with Gasteiger partial charge in [0.2, 0.25) is 0 Å². The highest BCUT2D eigenvalue weighted by molar-refractivity contribution is 7.25. The number of aromatic nitrogens is 3. The lowest BCUT2D eigenvalue weighted by Crippen LogP contribution is -2.00. The van der Waals surface area contributed by atoms with Gasteiger partial charge in [0, 0.05) is 47.6 Å². The van der Waals surface area contributed by atoms with E-state index in [2.05, 4.69) is 176 Å². The van der Waals surface area contributed by atoms with Crippen LogP contribution in [0.1, 0.15) is 0 Å². The van der Waals surface area contributed by atoms with Gasteiger partial charge in [-0.15, -0.1) is 11.3 Å². The van der Waals surface area contributed by atoms with E-state index in [1.807, 2.05) is 24.3 Å². The summed E-state index contributed by atoms with van der Waals surface area (Å²) in [6.07, 6.45) is 0. The van der Waals surface area contributed by atoms with Crippen molar-refractivity contribution in [3.05, 3.63) is 200 Å². The van der Waals surface area contributed by atoms with Gasteiger partial charge in [0.25, 0.3) is 0 Å². The molecule has 280 valence electrons. The number of furan rings is 1. The SMILES string of the molecule is c1ccc(-c2ccc(-c3ccc(-c4cccc5oc6cccc(-c7nc(-c8ccc9ccccc9c8)nc(-c8ccc9c(c8)sc8ccccc89)n7)c6c45)cc3)cc2)cc1. The van der Waals surface area contributed by atoms with Gasteiger partial charge in [0.1, 0.15) is 11.2 Å². The van der Waals surface area contributed by atoms with E-state index in [9.17, 15) is 0 Å². The van der Waals surface area contributed by atoms with Gasteiger partial charge >= 0.3 is 0 Å². The van der Waals surface area contributed by atoms with Gasteiger partial charge in [-0.25, -0.2) is 15.0 Å². The number of hydrogen-bond acceptors (Lipinski definition) is 5. The molecule has 0 saturated heterocycles. The number of benzene rings is 9. The van der Waals surface area contributed by atoms with Crippen LogP contribution in [0.15, 0.2) is 205 Å². The van der Waals surface area contributed by atoms with Crippen LogP contribution in [-0.2, 0) is 0 Å². The summed E-state index contributed by atoms with van der Waals surface area (Å²) < 4.78 is 9.07. The van der Waals surface area contributed by atoms with Crippen molar-refractivity contribution in [2.45, 2.75) is 0 Å². The highest BCUT2D eigenvalue weighted by atomic mass is 32.1. The van der Waals surface area contributed by atoms with Crippen LogP contribution in [0, 0.1) is 0 Å². The van der Waals surface area contributed by atoms with Crippen molar-refractivity contribution < 1.29 is 4.42 Å². The largest absolute Gasteiger partial charge is 0.456 e. The molecule has 0 atom stereocenters. The number of hydrogen-bond donors (Lipinski definition) is 0. The first kappa shape index (κ1) is 34.3. The van der Waals surface area contributed by atoms with E-state index in [1.165, 1.54) is 42.2 Å². The molecule has 0 radical (unpaired) electrons. The van der Waals surface area contributed by atoms with E-state index in [0.29, 0.717) is 17.5 Å². The highest BCUT2D eigenvalue weighted by Crippen LogP contribution is 2.42. The van der Waals surface area contributed by atoms with E-state index in [0.717, 1.165) is 60.7 Å². The molecule has 3 aromatic heterocycles. The second-order valence-corrected chi connectivity index (χ2v) is 16.2. The molecule has 0 aliphatic heterocycles. The predicted octanol–water partition coefficient (Wildman–Crippen LogP) is 15.3. The maximum atomic E-state index is 6.60. The van der Waals surface area contributed by atoms with Crippen molar-refractivity contribution >= 4 is 64.2 Å². The first-order chi connectivity index (χ1) is 29.7. The molecule has 5 heteroatoms. The molecule has 12 rings (SSSR count). The lowest BCUT2D eigenvalue weighted by Gasteiger charge is -2.11. The van der Waals surface area contributed by atoms with E-state index in [4.69, 9.17) is 19.4 Å². The first-order valence-corrected chi connectivity index (χ1v) is 20.9. The third kappa shape index (κ3) is 5.86.